The highest BCUT2D eigenvalue weighted by Gasteiger charge is 2.27. The molecule has 0 radical (unpaired) electrons. The van der Waals surface area contributed by atoms with Crippen LogP contribution in [0.25, 0.3) is 0 Å². The van der Waals surface area contributed by atoms with Crippen LogP contribution in [0.4, 0.5) is 11.8 Å². The second-order valence-electron chi connectivity index (χ2n) is 4.48. The Morgan fingerprint density at radius 2 is 1.86 bits per heavy atom. The highest BCUT2D eigenvalue weighted by atomic mass is 79.9. The van der Waals surface area contributed by atoms with Gasteiger partial charge in [0.15, 0.2) is 0 Å². The zero-order valence-corrected chi connectivity index (χ0v) is 12.5. The Balaban J connectivity index is 1.64. The summed E-state index contributed by atoms with van der Waals surface area (Å²) >= 11 is 3.30. The number of nitrogens with zero attached hydrogens (tertiary/aromatic N) is 6. The molecule has 2 aromatic rings. The van der Waals surface area contributed by atoms with Gasteiger partial charge in [-0.2, -0.15) is 0 Å². The second kappa shape index (κ2) is 5.64. The van der Waals surface area contributed by atoms with E-state index in [1.54, 1.807) is 17.3 Å². The van der Waals surface area contributed by atoms with Gasteiger partial charge in [0.05, 0.1) is 4.47 Å². The van der Waals surface area contributed by atoms with Gasteiger partial charge in [-0.15, -0.1) is 0 Å². The number of hydrogen-bond donors (Lipinski definition) is 1. The number of carbonyl (C=O) groups is 1. The first-order valence-corrected chi connectivity index (χ1v) is 7.04. The normalized spacial score (nSPS) is 15.3. The summed E-state index contributed by atoms with van der Waals surface area (Å²) in [7, 11) is 0. The van der Waals surface area contributed by atoms with E-state index in [4.69, 9.17) is 5.73 Å². The number of nitrogen functional groups attached to an aromatic ring is 1. The fourth-order valence-electron chi connectivity index (χ4n) is 2.07. The minimum atomic E-state index is -0.273. The van der Waals surface area contributed by atoms with E-state index in [9.17, 15) is 4.79 Å². The third kappa shape index (κ3) is 2.79. The average molecular weight is 354 g/mol. The Bertz CT molecular complexity index is 636. The van der Waals surface area contributed by atoms with Crippen LogP contribution in [0.2, 0.25) is 0 Å². The van der Waals surface area contributed by atoms with Crippen molar-refractivity contribution in [2.45, 2.75) is 0 Å². The Morgan fingerprint density at radius 1 is 1.19 bits per heavy atom. The smallest absolute Gasteiger partial charge is 0.280 e. The first-order chi connectivity index (χ1) is 10.1. The van der Waals surface area contributed by atoms with E-state index in [0.717, 1.165) is 4.47 Å². The van der Waals surface area contributed by atoms with Crippen molar-refractivity contribution in [3.8, 4) is 0 Å². The quantitative estimate of drug-likeness (QED) is 0.812. The van der Waals surface area contributed by atoms with Crippen LogP contribution in [0.1, 0.15) is 10.5 Å². The van der Waals surface area contributed by atoms with E-state index in [0.29, 0.717) is 32.1 Å². The highest BCUT2D eigenvalue weighted by molar-refractivity contribution is 9.10. The van der Waals surface area contributed by atoms with Crippen LogP contribution in [0.5, 0.6) is 0 Å². The lowest BCUT2D eigenvalue weighted by Gasteiger charge is -2.34. The summed E-state index contributed by atoms with van der Waals surface area (Å²) in [5.74, 6) is 0.386. The molecule has 1 fully saturated rings. The third-order valence-corrected chi connectivity index (χ3v) is 3.58. The molecule has 2 aromatic heterocycles. The molecule has 1 amide bonds. The van der Waals surface area contributed by atoms with Crippen molar-refractivity contribution in [3.05, 3.63) is 22.6 Å². The van der Waals surface area contributed by atoms with E-state index < -0.39 is 0 Å². The van der Waals surface area contributed by atoms with Gasteiger partial charge in [-0.1, -0.05) is 0 Å². The van der Waals surface area contributed by atoms with Gasteiger partial charge in [-0.05, 0) is 26.2 Å². The third-order valence-electron chi connectivity index (χ3n) is 3.17. The molecule has 9 nitrogen and oxygen atoms in total. The standard InChI is InChI=1S/C11H12BrN7O2/c12-7-5-14-11(15-6-7)19-3-1-18(2-4-19)10(20)8-9(13)17-21-16-8/h5-6H,1-4H2,(H2,13,17). The average Bonchev–Trinajstić information content (AvgIpc) is 2.94. The maximum Gasteiger partial charge on any atom is 0.280 e. The van der Waals surface area contributed by atoms with E-state index >= 15 is 0 Å². The summed E-state index contributed by atoms with van der Waals surface area (Å²) in [6.07, 6.45) is 3.39. The van der Waals surface area contributed by atoms with Crippen molar-refractivity contribution >= 4 is 33.6 Å². The highest BCUT2D eigenvalue weighted by Crippen LogP contribution is 2.15. The SMILES string of the molecule is Nc1nonc1C(=O)N1CCN(c2ncc(Br)cn2)CC1. The molecule has 0 spiro atoms. The topological polar surface area (TPSA) is 114 Å². The van der Waals surface area contributed by atoms with Gasteiger partial charge < -0.3 is 15.5 Å². The van der Waals surface area contributed by atoms with E-state index in [-0.39, 0.29) is 17.4 Å². The van der Waals surface area contributed by atoms with E-state index in [1.807, 2.05) is 4.90 Å². The first kappa shape index (κ1) is 13.7. The number of rotatable bonds is 2. The molecule has 110 valence electrons. The summed E-state index contributed by atoms with van der Waals surface area (Å²) in [5.41, 5.74) is 5.59. The lowest BCUT2D eigenvalue weighted by atomic mass is 10.3. The van der Waals surface area contributed by atoms with Crippen LogP contribution >= 0.6 is 15.9 Å². The number of aromatic nitrogens is 4. The predicted octanol–water partition coefficient (Wildman–Crippen LogP) is 0.167. The Kier molecular flexibility index (Phi) is 3.69. The number of nitrogens with two attached hydrogens (primary N) is 1. The molecule has 0 aliphatic carbocycles. The van der Waals surface area contributed by atoms with Crippen molar-refractivity contribution in [1.29, 1.82) is 0 Å². The number of amides is 1. The van der Waals surface area contributed by atoms with Gasteiger partial charge in [0.1, 0.15) is 0 Å². The molecule has 1 aliphatic rings. The summed E-state index contributed by atoms with van der Waals surface area (Å²) in [6, 6.07) is 0. The lowest BCUT2D eigenvalue weighted by molar-refractivity contribution is 0.0736. The molecule has 0 saturated carbocycles. The van der Waals surface area contributed by atoms with Crippen LogP contribution in [0, 0.1) is 0 Å². The minimum absolute atomic E-state index is 0.0127. The molecule has 3 rings (SSSR count). The monoisotopic (exact) mass is 353 g/mol. The van der Waals surface area contributed by atoms with Crippen LogP contribution in [-0.4, -0.2) is 57.3 Å². The molecule has 2 N–H and O–H groups in total. The molecule has 1 saturated heterocycles. The van der Waals surface area contributed by atoms with Gasteiger partial charge in [0.2, 0.25) is 17.5 Å². The molecular formula is C11H12BrN7O2. The van der Waals surface area contributed by atoms with Crippen LogP contribution in [-0.2, 0) is 0 Å². The van der Waals surface area contributed by atoms with Gasteiger partial charge in [-0.3, -0.25) is 4.79 Å². The number of hydrogen-bond acceptors (Lipinski definition) is 8. The minimum Gasteiger partial charge on any atom is -0.379 e. The number of carbonyl (C=O) groups excluding carboxylic acids is 1. The zero-order valence-electron chi connectivity index (χ0n) is 10.9. The molecule has 0 atom stereocenters. The lowest BCUT2D eigenvalue weighted by Crippen LogP contribution is -2.49. The number of anilines is 2. The zero-order chi connectivity index (χ0) is 14.8. The molecule has 3 heterocycles. The number of halogens is 1. The van der Waals surface area contributed by atoms with Crippen LogP contribution < -0.4 is 10.6 Å². The van der Waals surface area contributed by atoms with Crippen molar-refractivity contribution in [2.24, 2.45) is 0 Å². The molecule has 0 aromatic carbocycles. The number of piperazine rings is 1. The first-order valence-electron chi connectivity index (χ1n) is 6.25. The molecule has 10 heteroatoms. The maximum atomic E-state index is 12.2. The van der Waals surface area contributed by atoms with Crippen molar-refractivity contribution in [3.63, 3.8) is 0 Å². The Labute approximate surface area is 128 Å². The van der Waals surface area contributed by atoms with Gasteiger partial charge in [-0.25, -0.2) is 14.6 Å². The molecule has 0 bridgehead atoms. The predicted molar refractivity (Wildman–Crippen MR) is 76.6 cm³/mol. The van der Waals surface area contributed by atoms with Gasteiger partial charge in [0.25, 0.3) is 5.91 Å². The fourth-order valence-corrected chi connectivity index (χ4v) is 2.28. The summed E-state index contributed by atoms with van der Waals surface area (Å²) in [4.78, 5) is 24.4. The summed E-state index contributed by atoms with van der Waals surface area (Å²) in [5, 5.41) is 6.94. The molecular weight excluding hydrogens is 342 g/mol. The molecule has 21 heavy (non-hydrogen) atoms. The summed E-state index contributed by atoms with van der Waals surface area (Å²) < 4.78 is 5.28. The largest absolute Gasteiger partial charge is 0.379 e. The van der Waals surface area contributed by atoms with Crippen molar-refractivity contribution < 1.29 is 9.42 Å². The molecule has 0 unspecified atom stereocenters. The maximum absolute atomic E-state index is 12.2. The van der Waals surface area contributed by atoms with E-state index in [2.05, 4.69) is 40.8 Å². The fraction of sp³-hybridized carbons (Fsp3) is 0.364. The summed E-state index contributed by atoms with van der Waals surface area (Å²) in [6.45, 7) is 2.34. The Hall–Kier alpha value is -2.23. The Morgan fingerprint density at radius 3 is 2.43 bits per heavy atom. The van der Waals surface area contributed by atoms with Crippen LogP contribution in [0.15, 0.2) is 21.5 Å². The van der Waals surface area contributed by atoms with Crippen molar-refractivity contribution in [1.82, 2.24) is 25.2 Å². The van der Waals surface area contributed by atoms with Gasteiger partial charge in [0, 0.05) is 38.6 Å². The second-order valence-corrected chi connectivity index (χ2v) is 5.39. The van der Waals surface area contributed by atoms with E-state index in [1.165, 1.54) is 0 Å². The van der Waals surface area contributed by atoms with Gasteiger partial charge >= 0.3 is 0 Å². The molecule has 1 aliphatic heterocycles. The van der Waals surface area contributed by atoms with Crippen LogP contribution in [0.3, 0.4) is 0 Å². The van der Waals surface area contributed by atoms with Crippen molar-refractivity contribution in [2.75, 3.05) is 36.8 Å².